The first kappa shape index (κ1) is 26.5. The number of nitrogens with zero attached hydrogens (tertiary/aromatic N) is 1. The Balaban J connectivity index is 1.53. The van der Waals surface area contributed by atoms with E-state index in [1.54, 1.807) is 30.6 Å². The highest BCUT2D eigenvalue weighted by Gasteiger charge is 2.36. The normalized spacial score (nSPS) is 14.7. The number of carbonyl (C=O) groups is 2. The molecule has 3 aromatic carbocycles. The minimum absolute atomic E-state index is 0.0319. The fourth-order valence-electron chi connectivity index (χ4n) is 4.95. The number of aromatic nitrogens is 2. The number of nitrogens with one attached hydrogen (secondary N) is 3. The first-order valence-corrected chi connectivity index (χ1v) is 12.4. The molecule has 0 spiro atoms. The number of benzene rings is 3. The van der Waals surface area contributed by atoms with Gasteiger partial charge in [-0.3, -0.25) is 9.59 Å². The summed E-state index contributed by atoms with van der Waals surface area (Å²) < 4.78 is 68.3. The van der Waals surface area contributed by atoms with Crippen LogP contribution in [0.5, 0.6) is 0 Å². The van der Waals surface area contributed by atoms with E-state index in [9.17, 15) is 31.5 Å². The molecule has 6 nitrogen and oxygen atoms in total. The second-order valence-corrected chi connectivity index (χ2v) is 9.74. The molecule has 0 saturated carbocycles. The minimum atomic E-state index is -4.89. The second kappa shape index (κ2) is 9.70. The molecule has 3 heterocycles. The third kappa shape index (κ3) is 4.78. The van der Waals surface area contributed by atoms with E-state index in [0.717, 1.165) is 12.1 Å². The number of aromatic amines is 1. The summed E-state index contributed by atoms with van der Waals surface area (Å²) in [5, 5.41) is 6.12. The number of anilines is 1. The van der Waals surface area contributed by atoms with Gasteiger partial charge in [-0.15, -0.1) is 0 Å². The molecule has 0 bridgehead atoms. The highest BCUT2D eigenvalue weighted by atomic mass is 35.5. The summed E-state index contributed by atoms with van der Waals surface area (Å²) in [4.78, 5) is 33.7. The molecule has 0 radical (unpaired) electrons. The maximum Gasteiger partial charge on any atom is 0.416 e. The summed E-state index contributed by atoms with van der Waals surface area (Å²) >= 11 is 6.34. The zero-order chi connectivity index (χ0) is 29.1. The van der Waals surface area contributed by atoms with Gasteiger partial charge in [-0.25, -0.2) is 13.8 Å². The summed E-state index contributed by atoms with van der Waals surface area (Å²) in [5.41, 5.74) is 0.309. The van der Waals surface area contributed by atoms with Crippen LogP contribution in [0, 0.1) is 11.6 Å². The van der Waals surface area contributed by atoms with E-state index in [-0.39, 0.29) is 33.5 Å². The number of hydrogen-bond acceptors (Lipinski definition) is 3. The van der Waals surface area contributed by atoms with Crippen LogP contribution in [0.1, 0.15) is 43.4 Å². The number of hydrogen-bond donors (Lipinski definition) is 3. The van der Waals surface area contributed by atoms with Gasteiger partial charge in [0, 0.05) is 50.7 Å². The Morgan fingerprint density at radius 2 is 1.76 bits per heavy atom. The highest BCUT2D eigenvalue weighted by Crippen LogP contribution is 2.42. The Kier molecular flexibility index (Phi) is 6.26. The number of halogens is 6. The summed E-state index contributed by atoms with van der Waals surface area (Å²) in [5.74, 6) is -3.48. The predicted octanol–water partition coefficient (Wildman–Crippen LogP) is 7.27. The number of pyridine rings is 1. The number of rotatable bonds is 4. The molecule has 5 aromatic rings. The summed E-state index contributed by atoms with van der Waals surface area (Å²) in [6.07, 6.45) is -1.67. The van der Waals surface area contributed by atoms with Gasteiger partial charge in [-0.05, 0) is 71.8 Å². The average Bonchev–Trinajstić information content (AvgIpc) is 3.54. The second-order valence-electron chi connectivity index (χ2n) is 9.34. The molecule has 1 aliphatic heterocycles. The van der Waals surface area contributed by atoms with Crippen LogP contribution in [-0.4, -0.2) is 21.8 Å². The molecule has 1 atom stereocenters. The van der Waals surface area contributed by atoms with Crippen molar-refractivity contribution in [2.45, 2.75) is 12.2 Å². The lowest BCUT2D eigenvalue weighted by molar-refractivity contribution is -0.137. The van der Waals surface area contributed by atoms with Gasteiger partial charge in [0.1, 0.15) is 17.3 Å². The molecule has 2 aromatic heterocycles. The zero-order valence-electron chi connectivity index (χ0n) is 20.5. The molecule has 0 aliphatic carbocycles. The van der Waals surface area contributed by atoms with Crippen LogP contribution in [0.4, 0.5) is 27.6 Å². The van der Waals surface area contributed by atoms with Crippen molar-refractivity contribution in [1.29, 1.82) is 0 Å². The van der Waals surface area contributed by atoms with Crippen LogP contribution < -0.4 is 10.6 Å². The molecule has 3 N–H and O–H groups in total. The average molecular weight is 583 g/mol. The third-order valence-electron chi connectivity index (χ3n) is 6.76. The zero-order valence-corrected chi connectivity index (χ0v) is 21.3. The molecule has 12 heteroatoms. The molecule has 0 saturated heterocycles. The summed E-state index contributed by atoms with van der Waals surface area (Å²) in [7, 11) is 0. The number of carbonyl (C=O) groups excluding carboxylic acids is 2. The van der Waals surface area contributed by atoms with Crippen LogP contribution >= 0.6 is 11.6 Å². The van der Waals surface area contributed by atoms with E-state index >= 15 is 0 Å². The molecular weight excluding hydrogens is 567 g/mol. The van der Waals surface area contributed by atoms with Crippen molar-refractivity contribution in [3.8, 4) is 11.1 Å². The third-order valence-corrected chi connectivity index (χ3v) is 7.11. The highest BCUT2D eigenvalue weighted by molar-refractivity contribution is 6.31. The lowest BCUT2D eigenvalue weighted by Gasteiger charge is -2.19. The van der Waals surface area contributed by atoms with Crippen molar-refractivity contribution in [2.75, 3.05) is 5.32 Å². The molecule has 41 heavy (non-hydrogen) atoms. The van der Waals surface area contributed by atoms with Crippen molar-refractivity contribution in [1.82, 2.24) is 15.3 Å². The van der Waals surface area contributed by atoms with Crippen LogP contribution in [0.3, 0.4) is 0 Å². The number of amides is 2. The fraction of sp³-hybridized carbons (Fsp3) is 0.0690. The van der Waals surface area contributed by atoms with E-state index in [2.05, 4.69) is 20.6 Å². The standard InChI is InChI=1S/C29H16ClF5N4O2/c30-22-2-1-16(31)12-20(22)25-24-21(28(41)39-25)9-13(18-3-5-36-26-19(18)4-6-37-26)10-23(24)38-27(40)14-7-15(29(33,34)35)11-17(32)8-14/h1-12,25H,(H,36,37)(H,38,40)(H,39,41). The van der Waals surface area contributed by atoms with Gasteiger partial charge >= 0.3 is 6.18 Å². The summed E-state index contributed by atoms with van der Waals surface area (Å²) in [6.45, 7) is 0. The SMILES string of the molecule is O=C(Nc1cc(-c2ccnc3[nH]ccc23)cc2c1C(c1cc(F)ccc1Cl)NC2=O)c1cc(F)cc(C(F)(F)F)c1. The predicted molar refractivity (Wildman–Crippen MR) is 142 cm³/mol. The van der Waals surface area contributed by atoms with E-state index in [1.165, 1.54) is 12.1 Å². The van der Waals surface area contributed by atoms with Gasteiger partial charge in [-0.1, -0.05) is 11.6 Å². The molecule has 6 rings (SSSR count). The van der Waals surface area contributed by atoms with Gasteiger partial charge in [0.25, 0.3) is 11.8 Å². The van der Waals surface area contributed by atoms with Gasteiger partial charge in [0.2, 0.25) is 0 Å². The van der Waals surface area contributed by atoms with Crippen molar-refractivity contribution in [2.24, 2.45) is 0 Å². The number of H-pyrrole nitrogens is 1. The van der Waals surface area contributed by atoms with E-state index in [0.29, 0.717) is 34.3 Å². The monoisotopic (exact) mass is 582 g/mol. The maximum absolute atomic E-state index is 14.2. The van der Waals surface area contributed by atoms with Gasteiger partial charge in [0.15, 0.2) is 0 Å². The topological polar surface area (TPSA) is 86.9 Å². The van der Waals surface area contributed by atoms with Crippen LogP contribution in [0.25, 0.3) is 22.2 Å². The Labute approximate surface area is 233 Å². The van der Waals surface area contributed by atoms with Crippen molar-refractivity contribution < 1.29 is 31.5 Å². The van der Waals surface area contributed by atoms with E-state index in [1.807, 2.05) is 0 Å². The Hall–Kier alpha value is -4.77. The smallest absolute Gasteiger partial charge is 0.346 e. The number of fused-ring (bicyclic) bond motifs is 2. The summed E-state index contributed by atoms with van der Waals surface area (Å²) in [6, 6.07) is 10.6. The van der Waals surface area contributed by atoms with Crippen LogP contribution in [0.2, 0.25) is 5.02 Å². The number of alkyl halides is 3. The lowest BCUT2D eigenvalue weighted by Crippen LogP contribution is -2.21. The first-order valence-electron chi connectivity index (χ1n) is 12.0. The van der Waals surface area contributed by atoms with Crippen molar-refractivity contribution in [3.05, 3.63) is 118 Å². The molecule has 1 unspecified atom stereocenters. The van der Waals surface area contributed by atoms with E-state index in [4.69, 9.17) is 11.6 Å². The lowest BCUT2D eigenvalue weighted by atomic mass is 9.92. The van der Waals surface area contributed by atoms with Crippen molar-refractivity contribution in [3.63, 3.8) is 0 Å². The quantitative estimate of drug-likeness (QED) is 0.195. The largest absolute Gasteiger partial charge is 0.416 e. The van der Waals surface area contributed by atoms with Crippen molar-refractivity contribution >= 4 is 40.1 Å². The van der Waals surface area contributed by atoms with E-state index < -0.39 is 46.8 Å². The molecule has 0 fully saturated rings. The molecule has 2 amide bonds. The fourth-order valence-corrected chi connectivity index (χ4v) is 5.18. The molecular formula is C29H16ClF5N4O2. The van der Waals surface area contributed by atoms with Gasteiger partial charge < -0.3 is 15.6 Å². The van der Waals surface area contributed by atoms with Gasteiger partial charge in [0.05, 0.1) is 11.6 Å². The Morgan fingerprint density at radius 1 is 0.951 bits per heavy atom. The Morgan fingerprint density at radius 3 is 2.54 bits per heavy atom. The van der Waals surface area contributed by atoms with Crippen LogP contribution in [0.15, 0.2) is 73.1 Å². The maximum atomic E-state index is 14.2. The first-order chi connectivity index (χ1) is 19.5. The molecule has 1 aliphatic rings. The molecule has 206 valence electrons. The minimum Gasteiger partial charge on any atom is -0.346 e. The van der Waals surface area contributed by atoms with Crippen LogP contribution in [-0.2, 0) is 6.18 Å². The van der Waals surface area contributed by atoms with Gasteiger partial charge in [-0.2, -0.15) is 13.2 Å². The Bertz CT molecular complexity index is 1890.